The highest BCUT2D eigenvalue weighted by Gasteiger charge is 2.35. The number of benzene rings is 1. The van der Waals surface area contributed by atoms with E-state index in [4.69, 9.17) is 5.73 Å². The summed E-state index contributed by atoms with van der Waals surface area (Å²) in [5.74, 6) is 0.250. The highest BCUT2D eigenvalue weighted by Crippen LogP contribution is 2.43. The zero-order chi connectivity index (χ0) is 12.6. The molecule has 18 heavy (non-hydrogen) atoms. The summed E-state index contributed by atoms with van der Waals surface area (Å²) >= 11 is 0. The molecule has 0 aliphatic heterocycles. The monoisotopic (exact) mass is 242 g/mol. The second kappa shape index (κ2) is 4.25. The minimum atomic E-state index is 0.0784. The molecule has 3 N–H and O–H groups in total. The van der Waals surface area contributed by atoms with Crippen molar-refractivity contribution in [3.8, 4) is 5.75 Å². The lowest BCUT2D eigenvalue weighted by atomic mass is 9.77. The number of aromatic nitrogens is 1. The minimum Gasteiger partial charge on any atom is -0.506 e. The Morgan fingerprint density at radius 2 is 2.00 bits per heavy atom. The van der Waals surface area contributed by atoms with Gasteiger partial charge in [0.15, 0.2) is 0 Å². The van der Waals surface area contributed by atoms with Crippen LogP contribution in [0.2, 0.25) is 0 Å². The Labute approximate surface area is 107 Å². The first-order valence-electron chi connectivity index (χ1n) is 6.54. The molecule has 1 aromatic carbocycles. The maximum absolute atomic E-state index is 9.90. The Morgan fingerprint density at radius 1 is 1.22 bits per heavy atom. The molecule has 0 bridgehead atoms. The molecule has 1 fully saturated rings. The SMILES string of the molecule is NCC1(c2ccc(O)c3ncccc23)CCCC1. The first kappa shape index (κ1) is 11.5. The third-order valence-electron chi connectivity index (χ3n) is 4.27. The quantitative estimate of drug-likeness (QED) is 0.851. The lowest BCUT2D eigenvalue weighted by Gasteiger charge is -2.29. The minimum absolute atomic E-state index is 0.0784. The Bertz CT molecular complexity index is 574. The summed E-state index contributed by atoms with van der Waals surface area (Å²) in [5.41, 5.74) is 8.07. The van der Waals surface area contributed by atoms with Crippen LogP contribution in [0.25, 0.3) is 10.9 Å². The van der Waals surface area contributed by atoms with Crippen molar-refractivity contribution in [2.45, 2.75) is 31.1 Å². The van der Waals surface area contributed by atoms with Crippen LogP contribution >= 0.6 is 0 Å². The standard InChI is InChI=1S/C15H18N2O/c16-10-15(7-1-2-8-15)12-5-6-13(18)14-11(12)4-3-9-17-14/h3-6,9,18H,1-2,7-8,10,16H2. The molecule has 0 spiro atoms. The second-order valence-electron chi connectivity index (χ2n) is 5.22. The van der Waals surface area contributed by atoms with Crippen LogP contribution in [0.15, 0.2) is 30.5 Å². The highest BCUT2D eigenvalue weighted by molar-refractivity contribution is 5.88. The number of aromatic hydroxyl groups is 1. The first-order chi connectivity index (χ1) is 8.77. The van der Waals surface area contributed by atoms with E-state index in [1.807, 2.05) is 18.2 Å². The van der Waals surface area contributed by atoms with Crippen LogP contribution in [0.1, 0.15) is 31.2 Å². The number of hydrogen-bond acceptors (Lipinski definition) is 3. The fraction of sp³-hybridized carbons (Fsp3) is 0.400. The molecule has 1 aliphatic rings. The van der Waals surface area contributed by atoms with Crippen molar-refractivity contribution < 1.29 is 5.11 Å². The summed E-state index contributed by atoms with van der Waals surface area (Å²) in [6.45, 7) is 0.668. The molecule has 1 aromatic heterocycles. The van der Waals surface area contributed by atoms with Gasteiger partial charge in [0.25, 0.3) is 0 Å². The van der Waals surface area contributed by atoms with Crippen molar-refractivity contribution in [1.29, 1.82) is 0 Å². The van der Waals surface area contributed by atoms with Crippen LogP contribution in [-0.4, -0.2) is 16.6 Å². The van der Waals surface area contributed by atoms with Gasteiger partial charge in [0, 0.05) is 23.5 Å². The fourth-order valence-corrected chi connectivity index (χ4v) is 3.26. The maximum atomic E-state index is 9.90. The number of nitrogens with two attached hydrogens (primary N) is 1. The number of hydrogen-bond donors (Lipinski definition) is 2. The van der Waals surface area contributed by atoms with Crippen LogP contribution in [0.3, 0.4) is 0 Å². The normalized spacial score (nSPS) is 18.3. The van der Waals surface area contributed by atoms with E-state index in [9.17, 15) is 5.11 Å². The van der Waals surface area contributed by atoms with Gasteiger partial charge < -0.3 is 10.8 Å². The van der Waals surface area contributed by atoms with E-state index in [0.717, 1.165) is 18.2 Å². The maximum Gasteiger partial charge on any atom is 0.141 e. The molecule has 0 atom stereocenters. The van der Waals surface area contributed by atoms with Crippen LogP contribution in [0.5, 0.6) is 5.75 Å². The number of fused-ring (bicyclic) bond motifs is 1. The average Bonchev–Trinajstić information content (AvgIpc) is 2.89. The summed E-state index contributed by atoms with van der Waals surface area (Å²) < 4.78 is 0. The molecular formula is C15H18N2O. The zero-order valence-corrected chi connectivity index (χ0v) is 10.4. The van der Waals surface area contributed by atoms with Crippen LogP contribution < -0.4 is 5.73 Å². The second-order valence-corrected chi connectivity index (χ2v) is 5.22. The van der Waals surface area contributed by atoms with Gasteiger partial charge in [-0.1, -0.05) is 25.0 Å². The smallest absolute Gasteiger partial charge is 0.141 e. The van der Waals surface area contributed by atoms with Crippen LogP contribution in [0, 0.1) is 0 Å². The van der Waals surface area contributed by atoms with Gasteiger partial charge in [-0.05, 0) is 30.5 Å². The predicted molar refractivity (Wildman–Crippen MR) is 72.6 cm³/mol. The molecule has 3 heteroatoms. The summed E-state index contributed by atoms with van der Waals surface area (Å²) in [4.78, 5) is 4.29. The van der Waals surface area contributed by atoms with Gasteiger partial charge in [-0.2, -0.15) is 0 Å². The number of pyridine rings is 1. The molecule has 2 aromatic rings. The van der Waals surface area contributed by atoms with Crippen molar-refractivity contribution >= 4 is 10.9 Å². The molecule has 1 saturated carbocycles. The Hall–Kier alpha value is -1.61. The molecule has 3 nitrogen and oxygen atoms in total. The molecular weight excluding hydrogens is 224 g/mol. The lowest BCUT2D eigenvalue weighted by Crippen LogP contribution is -2.32. The molecule has 1 heterocycles. The van der Waals surface area contributed by atoms with E-state index in [2.05, 4.69) is 4.98 Å². The van der Waals surface area contributed by atoms with Gasteiger partial charge in [0.05, 0.1) is 0 Å². The van der Waals surface area contributed by atoms with E-state index < -0.39 is 0 Å². The Kier molecular flexibility index (Phi) is 2.71. The molecule has 1 aliphatic carbocycles. The van der Waals surface area contributed by atoms with E-state index in [1.54, 1.807) is 12.3 Å². The van der Waals surface area contributed by atoms with E-state index in [-0.39, 0.29) is 11.2 Å². The first-order valence-corrected chi connectivity index (χ1v) is 6.54. The van der Waals surface area contributed by atoms with Crippen LogP contribution in [-0.2, 0) is 5.41 Å². The summed E-state index contributed by atoms with van der Waals surface area (Å²) in [6.07, 6.45) is 6.46. The summed E-state index contributed by atoms with van der Waals surface area (Å²) in [7, 11) is 0. The van der Waals surface area contributed by atoms with E-state index in [0.29, 0.717) is 12.1 Å². The molecule has 0 unspecified atom stereocenters. The van der Waals surface area contributed by atoms with Crippen molar-refractivity contribution in [3.05, 3.63) is 36.0 Å². The largest absolute Gasteiger partial charge is 0.506 e. The number of phenolic OH excluding ortho intramolecular Hbond substituents is 1. The van der Waals surface area contributed by atoms with Gasteiger partial charge in [-0.25, -0.2) is 0 Å². The third kappa shape index (κ3) is 1.58. The van der Waals surface area contributed by atoms with Crippen LogP contribution in [0.4, 0.5) is 0 Å². The average molecular weight is 242 g/mol. The van der Waals surface area contributed by atoms with Gasteiger partial charge in [0.2, 0.25) is 0 Å². The van der Waals surface area contributed by atoms with E-state index in [1.165, 1.54) is 18.4 Å². The molecule has 0 radical (unpaired) electrons. The molecule has 0 saturated heterocycles. The van der Waals surface area contributed by atoms with Gasteiger partial charge in [0.1, 0.15) is 11.3 Å². The molecule has 3 rings (SSSR count). The van der Waals surface area contributed by atoms with Crippen molar-refractivity contribution in [2.24, 2.45) is 5.73 Å². The number of nitrogens with zero attached hydrogens (tertiary/aromatic N) is 1. The molecule has 94 valence electrons. The van der Waals surface area contributed by atoms with Gasteiger partial charge >= 0.3 is 0 Å². The van der Waals surface area contributed by atoms with Crippen molar-refractivity contribution in [3.63, 3.8) is 0 Å². The summed E-state index contributed by atoms with van der Waals surface area (Å²) in [5, 5.41) is 10.9. The van der Waals surface area contributed by atoms with E-state index >= 15 is 0 Å². The Morgan fingerprint density at radius 3 is 2.72 bits per heavy atom. The van der Waals surface area contributed by atoms with Gasteiger partial charge in [-0.3, -0.25) is 4.98 Å². The van der Waals surface area contributed by atoms with Crippen molar-refractivity contribution in [1.82, 2.24) is 4.98 Å². The third-order valence-corrected chi connectivity index (χ3v) is 4.27. The lowest BCUT2D eigenvalue weighted by molar-refractivity contribution is 0.454. The molecule has 0 amide bonds. The topological polar surface area (TPSA) is 59.1 Å². The Balaban J connectivity index is 2.26. The number of rotatable bonds is 2. The fourth-order valence-electron chi connectivity index (χ4n) is 3.26. The predicted octanol–water partition coefficient (Wildman–Crippen LogP) is 2.71. The van der Waals surface area contributed by atoms with Crippen molar-refractivity contribution in [2.75, 3.05) is 6.54 Å². The number of phenols is 1. The van der Waals surface area contributed by atoms with Gasteiger partial charge in [-0.15, -0.1) is 0 Å². The summed E-state index contributed by atoms with van der Waals surface area (Å²) in [6, 6.07) is 7.73. The zero-order valence-electron chi connectivity index (χ0n) is 10.4. The highest BCUT2D eigenvalue weighted by atomic mass is 16.3.